The Bertz CT molecular complexity index is 1040. The summed E-state index contributed by atoms with van der Waals surface area (Å²) in [6.07, 6.45) is 1.06. The fourth-order valence-corrected chi connectivity index (χ4v) is 3.75. The van der Waals surface area contributed by atoms with E-state index in [1.54, 1.807) is 36.2 Å². The molecule has 2 aromatic rings. The van der Waals surface area contributed by atoms with Crippen LogP contribution in [0.25, 0.3) is 0 Å². The monoisotopic (exact) mass is 435 g/mol. The second-order valence-corrected chi connectivity index (χ2v) is 7.32. The number of amidine groups is 1. The van der Waals surface area contributed by atoms with Gasteiger partial charge < -0.3 is 16.0 Å². The van der Waals surface area contributed by atoms with Crippen LogP contribution >= 0.6 is 0 Å². The van der Waals surface area contributed by atoms with Gasteiger partial charge in [0.1, 0.15) is 17.7 Å². The molecule has 0 aliphatic carbocycles. The molecule has 2 atom stereocenters. The summed E-state index contributed by atoms with van der Waals surface area (Å²) in [5.41, 5.74) is 1.29. The second kappa shape index (κ2) is 9.04. The summed E-state index contributed by atoms with van der Waals surface area (Å²) in [5, 5.41) is 8.96. The van der Waals surface area contributed by atoms with E-state index in [2.05, 4.69) is 25.9 Å². The number of amides is 4. The summed E-state index contributed by atoms with van der Waals surface area (Å²) in [4.78, 5) is 49.1. The fourth-order valence-electron chi connectivity index (χ4n) is 3.75. The smallest absolute Gasteiger partial charge is 0.328 e. The maximum Gasteiger partial charge on any atom is 0.328 e. The molecule has 0 radical (unpaired) electrons. The van der Waals surface area contributed by atoms with E-state index in [1.807, 2.05) is 31.2 Å². The number of benzene rings is 1. The van der Waals surface area contributed by atoms with Crippen LogP contribution in [-0.4, -0.2) is 70.4 Å². The molecule has 1 aromatic carbocycles. The lowest BCUT2D eigenvalue weighted by Crippen LogP contribution is -2.65. The number of nitrogens with zero attached hydrogens (tertiary/aromatic N) is 4. The molecular weight excluding hydrogens is 410 g/mol. The first kappa shape index (κ1) is 21.3. The van der Waals surface area contributed by atoms with Gasteiger partial charge in [-0.15, -0.1) is 0 Å². The van der Waals surface area contributed by atoms with Crippen molar-refractivity contribution in [2.75, 3.05) is 25.1 Å². The van der Waals surface area contributed by atoms with Crippen LogP contribution in [0.2, 0.25) is 0 Å². The van der Waals surface area contributed by atoms with Gasteiger partial charge in [-0.3, -0.25) is 19.4 Å². The maximum absolute atomic E-state index is 12.7. The number of carbonyl (C=O) groups is 3. The third-order valence-electron chi connectivity index (χ3n) is 5.43. The van der Waals surface area contributed by atoms with Crippen LogP contribution in [0, 0.1) is 0 Å². The summed E-state index contributed by atoms with van der Waals surface area (Å²) in [6, 6.07) is 11.6. The number of anilines is 1. The van der Waals surface area contributed by atoms with Gasteiger partial charge in [-0.25, -0.2) is 14.8 Å². The molecule has 3 heterocycles. The molecule has 2 unspecified atom stereocenters. The van der Waals surface area contributed by atoms with Gasteiger partial charge in [-0.05, 0) is 38.1 Å². The van der Waals surface area contributed by atoms with E-state index in [-0.39, 0.29) is 24.5 Å². The van der Waals surface area contributed by atoms with E-state index < -0.39 is 12.2 Å². The molecule has 0 spiro atoms. The Morgan fingerprint density at radius 1 is 1.09 bits per heavy atom. The van der Waals surface area contributed by atoms with Crippen LogP contribution in [0.3, 0.4) is 0 Å². The zero-order chi connectivity index (χ0) is 22.7. The third-order valence-corrected chi connectivity index (χ3v) is 5.43. The number of hydrogen-bond acceptors (Lipinski definition) is 7. The van der Waals surface area contributed by atoms with Crippen LogP contribution < -0.4 is 16.0 Å². The number of pyridine rings is 1. The van der Waals surface area contributed by atoms with Crippen molar-refractivity contribution in [3.8, 4) is 0 Å². The number of likely N-dealkylation sites (N-methyl/N-ethyl adjacent to an activating group) is 2. The van der Waals surface area contributed by atoms with Gasteiger partial charge in [0, 0.05) is 30.4 Å². The highest BCUT2D eigenvalue weighted by molar-refractivity contribution is 6.08. The molecule has 32 heavy (non-hydrogen) atoms. The lowest BCUT2D eigenvalue weighted by Gasteiger charge is -2.39. The number of carbonyl (C=O) groups excluding carboxylic acids is 3. The standard InChI is InChI=1S/C22H25N7O3/c1-3-28-19-17(21(31)29(4-2)22(28)32)26-18(27-19)15-10-11-16(23-12-15)24-13-25-20(30)14-8-6-5-7-9-14/h5-12,17,19H,3-4,13H2,1-2H3,(H,23,24)(H,25,30)(H,26,27). The highest BCUT2D eigenvalue weighted by atomic mass is 16.2. The van der Waals surface area contributed by atoms with E-state index >= 15 is 0 Å². The summed E-state index contributed by atoms with van der Waals surface area (Å²) in [6.45, 7) is 4.64. The molecule has 3 N–H and O–H groups in total. The van der Waals surface area contributed by atoms with E-state index in [1.165, 1.54) is 4.90 Å². The van der Waals surface area contributed by atoms with Gasteiger partial charge in [0.2, 0.25) is 0 Å². The molecule has 10 nitrogen and oxygen atoms in total. The van der Waals surface area contributed by atoms with Crippen LogP contribution in [0.4, 0.5) is 10.6 Å². The minimum Gasteiger partial charge on any atom is -0.355 e. The minimum atomic E-state index is -0.603. The third kappa shape index (κ3) is 3.98. The van der Waals surface area contributed by atoms with Gasteiger partial charge in [0.15, 0.2) is 6.17 Å². The normalized spacial score (nSPS) is 19.9. The van der Waals surface area contributed by atoms with Crippen molar-refractivity contribution in [1.29, 1.82) is 0 Å². The number of hydrogen-bond donors (Lipinski definition) is 3. The largest absolute Gasteiger partial charge is 0.355 e. The molecule has 1 aromatic heterocycles. The molecule has 166 valence electrons. The molecule has 4 rings (SSSR count). The molecular formula is C22H25N7O3. The first-order chi connectivity index (χ1) is 15.5. The van der Waals surface area contributed by atoms with Crippen molar-refractivity contribution >= 4 is 29.5 Å². The van der Waals surface area contributed by atoms with Gasteiger partial charge >= 0.3 is 6.03 Å². The molecule has 4 amide bonds. The predicted octanol–water partition coefficient (Wildman–Crippen LogP) is 1.23. The SMILES string of the molecule is CCN1C(=O)C2NC(c3ccc(NCNC(=O)c4ccccc4)nc3)=NC2N(CC)C1=O. The van der Waals surface area contributed by atoms with Crippen LogP contribution in [0.15, 0.2) is 53.7 Å². The number of nitrogens with one attached hydrogen (secondary N) is 3. The van der Waals surface area contributed by atoms with Crippen molar-refractivity contribution in [2.24, 2.45) is 4.99 Å². The average molecular weight is 435 g/mol. The fraction of sp³-hybridized carbons (Fsp3) is 0.318. The van der Waals surface area contributed by atoms with Gasteiger partial charge in [0.25, 0.3) is 11.8 Å². The summed E-state index contributed by atoms with van der Waals surface area (Å²) < 4.78 is 0. The van der Waals surface area contributed by atoms with Crippen molar-refractivity contribution in [3.05, 3.63) is 59.8 Å². The highest BCUT2D eigenvalue weighted by Gasteiger charge is 2.48. The van der Waals surface area contributed by atoms with E-state index in [9.17, 15) is 14.4 Å². The zero-order valence-electron chi connectivity index (χ0n) is 17.9. The number of aromatic nitrogens is 1. The number of urea groups is 1. The first-order valence-electron chi connectivity index (χ1n) is 10.5. The maximum atomic E-state index is 12.7. The number of rotatable bonds is 7. The van der Waals surface area contributed by atoms with E-state index in [0.717, 1.165) is 0 Å². The quantitative estimate of drug-likeness (QED) is 0.563. The van der Waals surface area contributed by atoms with Crippen molar-refractivity contribution in [1.82, 2.24) is 25.4 Å². The van der Waals surface area contributed by atoms with E-state index in [4.69, 9.17) is 0 Å². The van der Waals surface area contributed by atoms with Crippen molar-refractivity contribution in [2.45, 2.75) is 26.1 Å². The topological polar surface area (TPSA) is 119 Å². The van der Waals surface area contributed by atoms with Crippen molar-refractivity contribution in [3.63, 3.8) is 0 Å². The molecule has 2 aliphatic rings. The Hall–Kier alpha value is -3.95. The summed E-state index contributed by atoms with van der Waals surface area (Å²) >= 11 is 0. The van der Waals surface area contributed by atoms with E-state index in [0.29, 0.717) is 35.9 Å². The summed E-state index contributed by atoms with van der Waals surface area (Å²) in [5.74, 6) is 0.653. The Labute approximate surface area is 185 Å². The van der Waals surface area contributed by atoms with Crippen LogP contribution in [0.5, 0.6) is 0 Å². The molecule has 1 fully saturated rings. The molecule has 10 heteroatoms. The van der Waals surface area contributed by atoms with Gasteiger partial charge in [0.05, 0.1) is 6.67 Å². The zero-order valence-corrected chi connectivity index (χ0v) is 17.9. The van der Waals surface area contributed by atoms with Crippen LogP contribution in [-0.2, 0) is 4.79 Å². The number of imide groups is 1. The number of fused-ring (bicyclic) bond motifs is 1. The molecule has 1 saturated heterocycles. The predicted molar refractivity (Wildman–Crippen MR) is 119 cm³/mol. The van der Waals surface area contributed by atoms with Gasteiger partial charge in [-0.1, -0.05) is 18.2 Å². The molecule has 2 aliphatic heterocycles. The Balaban J connectivity index is 1.39. The first-order valence-corrected chi connectivity index (χ1v) is 10.5. The van der Waals surface area contributed by atoms with Gasteiger partial charge in [-0.2, -0.15) is 0 Å². The molecule has 0 bridgehead atoms. The Morgan fingerprint density at radius 2 is 1.88 bits per heavy atom. The Morgan fingerprint density at radius 3 is 2.53 bits per heavy atom. The van der Waals surface area contributed by atoms with Crippen LogP contribution in [0.1, 0.15) is 29.8 Å². The molecule has 0 saturated carbocycles. The highest BCUT2D eigenvalue weighted by Crippen LogP contribution is 2.24. The lowest BCUT2D eigenvalue weighted by molar-refractivity contribution is -0.134. The summed E-state index contributed by atoms with van der Waals surface area (Å²) in [7, 11) is 0. The second-order valence-electron chi connectivity index (χ2n) is 7.32. The lowest BCUT2D eigenvalue weighted by atomic mass is 10.1. The Kier molecular flexibility index (Phi) is 6.02. The number of aliphatic imine (C=N–C) groups is 1. The van der Waals surface area contributed by atoms with Crippen molar-refractivity contribution < 1.29 is 14.4 Å². The minimum absolute atomic E-state index is 0.178. The average Bonchev–Trinajstić information content (AvgIpc) is 3.26.